The van der Waals surface area contributed by atoms with Crippen LogP contribution in [0.1, 0.15) is 22.7 Å². The predicted molar refractivity (Wildman–Crippen MR) is 104 cm³/mol. The van der Waals surface area contributed by atoms with E-state index in [9.17, 15) is 8.42 Å². The number of fused-ring (bicyclic) bond motifs is 2. The maximum absolute atomic E-state index is 13.0. The molecule has 0 radical (unpaired) electrons. The number of sulfonamides is 1. The van der Waals surface area contributed by atoms with Crippen molar-refractivity contribution in [1.29, 1.82) is 0 Å². The van der Waals surface area contributed by atoms with Gasteiger partial charge >= 0.3 is 0 Å². The lowest BCUT2D eigenvalue weighted by Crippen LogP contribution is -2.31. The highest BCUT2D eigenvalue weighted by Crippen LogP contribution is 2.44. The number of aryl methyl sites for hydroxylation is 1. The standard InChI is InChI=1S/C20H16BrNO3S/c1-13-6-9-15(10-7-13)26(23,24)22-20-16-4-2-3-5-18(16)25-19-11-8-14(21)12-17(19)20/h2-12,20,22H,1H3. The van der Waals surface area contributed by atoms with Crippen LogP contribution in [0.4, 0.5) is 0 Å². The molecule has 0 saturated carbocycles. The molecule has 0 aromatic heterocycles. The third-order valence-electron chi connectivity index (χ3n) is 4.34. The SMILES string of the molecule is Cc1ccc(S(=O)(=O)NC2c3ccccc3Oc3ccc(Br)cc32)cc1. The van der Waals surface area contributed by atoms with Gasteiger partial charge in [-0.15, -0.1) is 0 Å². The number of hydrogen-bond donors (Lipinski definition) is 1. The first-order valence-electron chi connectivity index (χ1n) is 8.09. The van der Waals surface area contributed by atoms with E-state index >= 15 is 0 Å². The van der Waals surface area contributed by atoms with Crippen molar-refractivity contribution in [3.05, 3.63) is 87.9 Å². The average molecular weight is 430 g/mol. The van der Waals surface area contributed by atoms with Crippen LogP contribution in [0.5, 0.6) is 11.5 Å². The molecule has 0 bridgehead atoms. The minimum atomic E-state index is -3.70. The minimum Gasteiger partial charge on any atom is -0.457 e. The second-order valence-corrected chi connectivity index (χ2v) is 8.82. The Bertz CT molecular complexity index is 1080. The molecule has 4 nitrogen and oxygen atoms in total. The Morgan fingerprint density at radius 2 is 1.62 bits per heavy atom. The Morgan fingerprint density at radius 3 is 2.38 bits per heavy atom. The third-order valence-corrected chi connectivity index (χ3v) is 6.27. The van der Waals surface area contributed by atoms with E-state index in [2.05, 4.69) is 20.7 Å². The highest BCUT2D eigenvalue weighted by Gasteiger charge is 2.31. The molecular formula is C20H16BrNO3S. The average Bonchev–Trinajstić information content (AvgIpc) is 2.62. The highest BCUT2D eigenvalue weighted by atomic mass is 79.9. The van der Waals surface area contributed by atoms with Gasteiger partial charge in [0.2, 0.25) is 10.0 Å². The number of ether oxygens (including phenoxy) is 1. The van der Waals surface area contributed by atoms with Gasteiger partial charge in [-0.2, -0.15) is 4.72 Å². The molecule has 6 heteroatoms. The van der Waals surface area contributed by atoms with Gasteiger partial charge < -0.3 is 4.74 Å². The van der Waals surface area contributed by atoms with Crippen LogP contribution in [-0.2, 0) is 10.0 Å². The Balaban J connectivity index is 1.81. The Kier molecular flexibility index (Phi) is 4.34. The summed E-state index contributed by atoms with van der Waals surface area (Å²) in [5, 5.41) is 0. The van der Waals surface area contributed by atoms with E-state index < -0.39 is 16.1 Å². The number of para-hydroxylation sites is 1. The van der Waals surface area contributed by atoms with Crippen LogP contribution in [0.2, 0.25) is 0 Å². The number of rotatable bonds is 3. The fraction of sp³-hybridized carbons (Fsp3) is 0.100. The molecular weight excluding hydrogens is 414 g/mol. The first-order valence-corrected chi connectivity index (χ1v) is 10.4. The lowest BCUT2D eigenvalue weighted by atomic mass is 9.95. The van der Waals surface area contributed by atoms with Gasteiger partial charge in [-0.25, -0.2) is 8.42 Å². The number of hydrogen-bond acceptors (Lipinski definition) is 3. The summed E-state index contributed by atoms with van der Waals surface area (Å²) in [5.74, 6) is 1.29. The lowest BCUT2D eigenvalue weighted by molar-refractivity contribution is 0.440. The van der Waals surface area contributed by atoms with E-state index in [-0.39, 0.29) is 4.90 Å². The summed E-state index contributed by atoms with van der Waals surface area (Å²) in [6, 6.07) is 19.3. The van der Waals surface area contributed by atoms with Crippen LogP contribution in [0.3, 0.4) is 0 Å². The molecule has 1 aliphatic heterocycles. The monoisotopic (exact) mass is 429 g/mol. The van der Waals surface area contributed by atoms with Crippen LogP contribution >= 0.6 is 15.9 Å². The van der Waals surface area contributed by atoms with Gasteiger partial charge in [-0.1, -0.05) is 51.8 Å². The largest absolute Gasteiger partial charge is 0.457 e. The second kappa shape index (κ2) is 6.54. The van der Waals surface area contributed by atoms with Crippen molar-refractivity contribution in [3.8, 4) is 11.5 Å². The maximum atomic E-state index is 13.0. The van der Waals surface area contributed by atoms with Crippen LogP contribution in [-0.4, -0.2) is 8.42 Å². The van der Waals surface area contributed by atoms with Crippen molar-refractivity contribution >= 4 is 26.0 Å². The van der Waals surface area contributed by atoms with Gasteiger partial charge in [-0.05, 0) is 43.3 Å². The number of nitrogens with one attached hydrogen (secondary N) is 1. The fourth-order valence-corrected chi connectivity index (χ4v) is 4.58. The number of halogens is 1. The molecule has 0 saturated heterocycles. The molecule has 3 aromatic carbocycles. The van der Waals surface area contributed by atoms with Crippen LogP contribution in [0.15, 0.2) is 76.1 Å². The fourth-order valence-electron chi connectivity index (χ4n) is 3.00. The summed E-state index contributed by atoms with van der Waals surface area (Å²) in [7, 11) is -3.70. The van der Waals surface area contributed by atoms with Gasteiger partial charge in [0, 0.05) is 15.6 Å². The molecule has 1 aliphatic rings. The summed E-state index contributed by atoms with van der Waals surface area (Å²) in [4.78, 5) is 0.239. The highest BCUT2D eigenvalue weighted by molar-refractivity contribution is 9.10. The van der Waals surface area contributed by atoms with Gasteiger partial charge in [0.25, 0.3) is 0 Å². The van der Waals surface area contributed by atoms with Gasteiger partial charge in [0.15, 0.2) is 0 Å². The van der Waals surface area contributed by atoms with E-state index in [1.165, 1.54) is 0 Å². The van der Waals surface area contributed by atoms with Crippen molar-refractivity contribution in [2.24, 2.45) is 0 Å². The molecule has 0 spiro atoms. The van der Waals surface area contributed by atoms with Crippen molar-refractivity contribution in [1.82, 2.24) is 4.72 Å². The van der Waals surface area contributed by atoms with E-state index in [0.717, 1.165) is 21.2 Å². The first-order chi connectivity index (χ1) is 12.4. The zero-order valence-corrected chi connectivity index (χ0v) is 16.3. The van der Waals surface area contributed by atoms with Crippen LogP contribution < -0.4 is 9.46 Å². The van der Waals surface area contributed by atoms with Crippen molar-refractivity contribution < 1.29 is 13.2 Å². The first kappa shape index (κ1) is 17.3. The van der Waals surface area contributed by atoms with E-state index in [1.54, 1.807) is 24.3 Å². The van der Waals surface area contributed by atoms with Gasteiger partial charge in [0.1, 0.15) is 11.5 Å². The molecule has 1 atom stereocenters. The van der Waals surface area contributed by atoms with Gasteiger partial charge in [0.05, 0.1) is 10.9 Å². The smallest absolute Gasteiger partial charge is 0.241 e. The summed E-state index contributed by atoms with van der Waals surface area (Å²) in [6.07, 6.45) is 0. The Labute approximate surface area is 161 Å². The quantitative estimate of drug-likeness (QED) is 0.641. The molecule has 0 aliphatic carbocycles. The second-order valence-electron chi connectivity index (χ2n) is 6.19. The summed E-state index contributed by atoms with van der Waals surface area (Å²) in [5.41, 5.74) is 2.57. The molecule has 1 N–H and O–H groups in total. The molecule has 4 rings (SSSR count). The summed E-state index contributed by atoms with van der Waals surface area (Å²) >= 11 is 3.46. The van der Waals surface area contributed by atoms with Gasteiger partial charge in [-0.3, -0.25) is 0 Å². The minimum absolute atomic E-state index is 0.239. The van der Waals surface area contributed by atoms with Crippen LogP contribution in [0, 0.1) is 6.92 Å². The topological polar surface area (TPSA) is 55.4 Å². The summed E-state index contributed by atoms with van der Waals surface area (Å²) in [6.45, 7) is 1.92. The number of benzene rings is 3. The van der Waals surface area contributed by atoms with E-state index in [4.69, 9.17) is 4.74 Å². The predicted octanol–water partition coefficient (Wildman–Crippen LogP) is 4.93. The molecule has 0 fully saturated rings. The lowest BCUT2D eigenvalue weighted by Gasteiger charge is -2.29. The van der Waals surface area contributed by atoms with E-state index in [1.807, 2.05) is 49.4 Å². The molecule has 132 valence electrons. The third kappa shape index (κ3) is 3.16. The molecule has 0 amide bonds. The normalized spacial score (nSPS) is 15.7. The van der Waals surface area contributed by atoms with Crippen molar-refractivity contribution in [2.45, 2.75) is 17.9 Å². The van der Waals surface area contributed by atoms with E-state index in [0.29, 0.717) is 11.5 Å². The maximum Gasteiger partial charge on any atom is 0.241 e. The Hall–Kier alpha value is -2.15. The van der Waals surface area contributed by atoms with Crippen LogP contribution in [0.25, 0.3) is 0 Å². The molecule has 1 unspecified atom stereocenters. The Morgan fingerprint density at radius 1 is 0.923 bits per heavy atom. The zero-order chi connectivity index (χ0) is 18.3. The van der Waals surface area contributed by atoms with Crippen molar-refractivity contribution in [2.75, 3.05) is 0 Å². The molecule has 3 aromatic rings. The zero-order valence-electron chi connectivity index (χ0n) is 13.9. The van der Waals surface area contributed by atoms with Crippen molar-refractivity contribution in [3.63, 3.8) is 0 Å². The molecule has 26 heavy (non-hydrogen) atoms. The molecule has 1 heterocycles. The summed E-state index contributed by atoms with van der Waals surface area (Å²) < 4.78 is 35.6.